The van der Waals surface area contributed by atoms with Crippen LogP contribution in [0.25, 0.3) is 0 Å². The maximum Gasteiger partial charge on any atom is 0.267 e. The Labute approximate surface area is 173 Å². The van der Waals surface area contributed by atoms with E-state index in [0.29, 0.717) is 18.4 Å². The minimum Gasteiger partial charge on any atom is -0.346 e. The lowest BCUT2D eigenvalue weighted by Gasteiger charge is -2.34. The first-order chi connectivity index (χ1) is 13.2. The number of carbonyl (C=O) groups is 1. The standard InChI is InChI=1S/C22H43NO4S/c1-5-7-9-11-13-15-17-22(19-28(25,26)27,23-21(24)20(3)4)18-16-14-12-10-8-6-2/h3,5-19H2,1-2,4H3,(H,23,24)(H,25,26,27). The summed E-state index contributed by atoms with van der Waals surface area (Å²) in [5.74, 6) is -0.760. The molecule has 0 bridgehead atoms. The van der Waals surface area contributed by atoms with E-state index in [1.54, 1.807) is 6.92 Å². The number of amides is 1. The van der Waals surface area contributed by atoms with Gasteiger partial charge in [0.15, 0.2) is 0 Å². The molecule has 2 N–H and O–H groups in total. The Hall–Kier alpha value is -0.880. The van der Waals surface area contributed by atoms with Gasteiger partial charge >= 0.3 is 0 Å². The quantitative estimate of drug-likeness (QED) is 0.167. The second-order valence-electron chi connectivity index (χ2n) is 8.28. The van der Waals surface area contributed by atoms with E-state index in [1.165, 1.54) is 38.5 Å². The Morgan fingerprint density at radius 3 is 1.61 bits per heavy atom. The average molecular weight is 418 g/mol. The minimum atomic E-state index is -4.20. The summed E-state index contributed by atoms with van der Waals surface area (Å²) in [5.41, 5.74) is -0.565. The van der Waals surface area contributed by atoms with Crippen LogP contribution in [0.4, 0.5) is 0 Å². The molecule has 28 heavy (non-hydrogen) atoms. The first kappa shape index (κ1) is 27.1. The molecule has 0 atom stereocenters. The lowest BCUT2D eigenvalue weighted by Crippen LogP contribution is -2.53. The maximum absolute atomic E-state index is 12.3. The van der Waals surface area contributed by atoms with Gasteiger partial charge in [-0.05, 0) is 19.8 Å². The molecule has 6 heteroatoms. The van der Waals surface area contributed by atoms with Gasteiger partial charge in [-0.15, -0.1) is 0 Å². The summed E-state index contributed by atoms with van der Waals surface area (Å²) in [5, 5.41) is 2.91. The molecule has 0 saturated carbocycles. The van der Waals surface area contributed by atoms with Gasteiger partial charge < -0.3 is 5.32 Å². The molecule has 0 saturated heterocycles. The van der Waals surface area contributed by atoms with E-state index in [9.17, 15) is 17.8 Å². The predicted molar refractivity (Wildman–Crippen MR) is 118 cm³/mol. The Bertz CT molecular complexity index is 527. The van der Waals surface area contributed by atoms with E-state index < -0.39 is 21.4 Å². The first-order valence-electron chi connectivity index (χ1n) is 11.1. The predicted octanol–water partition coefficient (Wildman–Crippen LogP) is 5.81. The zero-order valence-electron chi connectivity index (χ0n) is 18.4. The zero-order chi connectivity index (χ0) is 21.5. The van der Waals surface area contributed by atoms with E-state index in [2.05, 4.69) is 25.7 Å². The number of rotatable bonds is 18. The molecule has 0 aliphatic heterocycles. The minimum absolute atomic E-state index is 0.333. The van der Waals surface area contributed by atoms with Crippen LogP contribution in [0.5, 0.6) is 0 Å². The van der Waals surface area contributed by atoms with E-state index in [0.717, 1.165) is 38.5 Å². The molecular weight excluding hydrogens is 374 g/mol. The first-order valence-corrected chi connectivity index (χ1v) is 12.7. The number of nitrogens with one attached hydrogen (secondary N) is 1. The Morgan fingerprint density at radius 2 is 1.25 bits per heavy atom. The summed E-state index contributed by atoms with van der Waals surface area (Å²) >= 11 is 0. The lowest BCUT2D eigenvalue weighted by molar-refractivity contribution is -0.119. The highest BCUT2D eigenvalue weighted by Gasteiger charge is 2.35. The molecule has 0 aromatic heterocycles. The van der Waals surface area contributed by atoms with Crippen molar-refractivity contribution in [2.24, 2.45) is 0 Å². The van der Waals surface area contributed by atoms with Gasteiger partial charge in [0, 0.05) is 5.57 Å². The highest BCUT2D eigenvalue weighted by molar-refractivity contribution is 7.85. The average Bonchev–Trinajstić information content (AvgIpc) is 2.59. The summed E-state index contributed by atoms with van der Waals surface area (Å²) in [6, 6.07) is 0. The molecule has 0 aliphatic carbocycles. The number of unbranched alkanes of at least 4 members (excludes halogenated alkanes) is 10. The number of carbonyl (C=O) groups excluding carboxylic acids is 1. The van der Waals surface area contributed by atoms with E-state index in [4.69, 9.17) is 0 Å². The van der Waals surface area contributed by atoms with E-state index >= 15 is 0 Å². The third kappa shape index (κ3) is 14.2. The summed E-state index contributed by atoms with van der Waals surface area (Å²) < 4.78 is 33.0. The maximum atomic E-state index is 12.3. The summed E-state index contributed by atoms with van der Waals surface area (Å²) in [6.07, 6.45) is 14.2. The Kier molecular flexibility index (Phi) is 14.6. The molecule has 0 spiro atoms. The van der Waals surface area contributed by atoms with Crippen molar-refractivity contribution in [2.45, 2.75) is 116 Å². The highest BCUT2D eigenvalue weighted by Crippen LogP contribution is 2.26. The fourth-order valence-electron chi connectivity index (χ4n) is 3.61. The van der Waals surface area contributed by atoms with Crippen molar-refractivity contribution in [3.05, 3.63) is 12.2 Å². The van der Waals surface area contributed by atoms with Crippen LogP contribution in [-0.2, 0) is 14.9 Å². The fourth-order valence-corrected chi connectivity index (χ4v) is 4.67. The van der Waals surface area contributed by atoms with Gasteiger partial charge in [-0.3, -0.25) is 9.35 Å². The van der Waals surface area contributed by atoms with E-state index in [1.807, 2.05) is 0 Å². The molecule has 166 valence electrons. The molecule has 0 heterocycles. The van der Waals surface area contributed by atoms with Gasteiger partial charge in [0.05, 0.1) is 11.3 Å². The van der Waals surface area contributed by atoms with Crippen molar-refractivity contribution in [3.8, 4) is 0 Å². The van der Waals surface area contributed by atoms with Gasteiger partial charge in [0.2, 0.25) is 5.91 Å². The molecule has 1 amide bonds. The Balaban J connectivity index is 5.03. The molecule has 0 unspecified atom stereocenters. The molecule has 0 aliphatic rings. The van der Waals surface area contributed by atoms with E-state index in [-0.39, 0.29) is 5.91 Å². The third-order valence-corrected chi connectivity index (χ3v) is 6.16. The van der Waals surface area contributed by atoms with Gasteiger partial charge in [-0.25, -0.2) is 0 Å². The van der Waals surface area contributed by atoms with Crippen molar-refractivity contribution in [3.63, 3.8) is 0 Å². The topological polar surface area (TPSA) is 83.5 Å². The van der Waals surface area contributed by atoms with Crippen molar-refractivity contribution >= 4 is 16.0 Å². The summed E-state index contributed by atoms with van der Waals surface area (Å²) in [7, 11) is -4.20. The number of hydrogen-bond acceptors (Lipinski definition) is 3. The van der Waals surface area contributed by atoms with Crippen LogP contribution in [0.1, 0.15) is 111 Å². The van der Waals surface area contributed by atoms with Crippen LogP contribution in [0, 0.1) is 0 Å². The molecule has 0 rings (SSSR count). The SMILES string of the molecule is C=C(C)C(=O)NC(CCCCCCCC)(CCCCCCCC)CS(=O)(=O)O. The number of hydrogen-bond donors (Lipinski definition) is 2. The van der Waals surface area contributed by atoms with Crippen molar-refractivity contribution in [1.82, 2.24) is 5.32 Å². The smallest absolute Gasteiger partial charge is 0.267 e. The summed E-state index contributed by atoms with van der Waals surface area (Å²) in [4.78, 5) is 12.3. The molecule has 0 fully saturated rings. The van der Waals surface area contributed by atoms with Gasteiger partial charge in [0.1, 0.15) is 0 Å². The second kappa shape index (κ2) is 15.0. The van der Waals surface area contributed by atoms with Gasteiger partial charge in [-0.2, -0.15) is 8.42 Å². The fraction of sp³-hybridized carbons (Fsp3) is 0.864. The second-order valence-corrected chi connectivity index (χ2v) is 9.73. The van der Waals surface area contributed by atoms with Crippen molar-refractivity contribution < 1.29 is 17.8 Å². The molecule has 0 aromatic rings. The zero-order valence-corrected chi connectivity index (χ0v) is 19.2. The van der Waals surface area contributed by atoms with Crippen LogP contribution >= 0.6 is 0 Å². The van der Waals surface area contributed by atoms with Crippen LogP contribution in [0.3, 0.4) is 0 Å². The monoisotopic (exact) mass is 417 g/mol. The largest absolute Gasteiger partial charge is 0.346 e. The Morgan fingerprint density at radius 1 is 0.857 bits per heavy atom. The van der Waals surface area contributed by atoms with Crippen LogP contribution in [-0.4, -0.2) is 30.2 Å². The van der Waals surface area contributed by atoms with Gasteiger partial charge in [0.25, 0.3) is 10.1 Å². The summed E-state index contributed by atoms with van der Waals surface area (Å²) in [6.45, 7) is 9.63. The van der Waals surface area contributed by atoms with Crippen molar-refractivity contribution in [2.75, 3.05) is 5.75 Å². The molecule has 5 nitrogen and oxygen atoms in total. The molecule has 0 radical (unpaired) electrons. The third-order valence-electron chi connectivity index (χ3n) is 5.24. The van der Waals surface area contributed by atoms with Crippen LogP contribution < -0.4 is 5.32 Å². The van der Waals surface area contributed by atoms with Gasteiger partial charge in [-0.1, -0.05) is 97.5 Å². The normalized spacial score (nSPS) is 12.1. The highest BCUT2D eigenvalue weighted by atomic mass is 32.2. The molecular formula is C22H43NO4S. The van der Waals surface area contributed by atoms with Crippen molar-refractivity contribution in [1.29, 1.82) is 0 Å². The molecule has 0 aromatic carbocycles. The van der Waals surface area contributed by atoms with Crippen LogP contribution in [0.2, 0.25) is 0 Å². The van der Waals surface area contributed by atoms with Crippen LogP contribution in [0.15, 0.2) is 12.2 Å². The lowest BCUT2D eigenvalue weighted by atomic mass is 9.87.